The normalized spacial score (nSPS) is 18.8. The van der Waals surface area contributed by atoms with Crippen LogP contribution in [0.1, 0.15) is 30.1 Å². The van der Waals surface area contributed by atoms with Gasteiger partial charge in [-0.05, 0) is 29.5 Å². The second-order valence-electron chi connectivity index (χ2n) is 4.74. The molecule has 98 valence electrons. The predicted octanol–water partition coefficient (Wildman–Crippen LogP) is 1.95. The third-order valence-electron chi connectivity index (χ3n) is 3.47. The molecule has 1 fully saturated rings. The van der Waals surface area contributed by atoms with E-state index in [1.54, 1.807) is 24.3 Å². The second-order valence-corrected chi connectivity index (χ2v) is 4.74. The van der Waals surface area contributed by atoms with Crippen LogP contribution < -0.4 is 0 Å². The molecule has 2 unspecified atom stereocenters. The second kappa shape index (κ2) is 5.29. The molecule has 0 spiro atoms. The maximum atomic E-state index is 9.88. The number of aliphatic hydroxyl groups is 2. The van der Waals surface area contributed by atoms with Crippen LogP contribution in [0.3, 0.4) is 0 Å². The van der Waals surface area contributed by atoms with Gasteiger partial charge >= 0.3 is 0 Å². The summed E-state index contributed by atoms with van der Waals surface area (Å²) in [6, 6.07) is 9.28. The van der Waals surface area contributed by atoms with E-state index in [-0.39, 0.29) is 12.0 Å². The summed E-state index contributed by atoms with van der Waals surface area (Å²) >= 11 is 0. The minimum absolute atomic E-state index is 0.179. The minimum atomic E-state index is -1.13. The van der Waals surface area contributed by atoms with Crippen molar-refractivity contribution in [3.63, 3.8) is 0 Å². The van der Waals surface area contributed by atoms with Gasteiger partial charge in [-0.25, -0.2) is 0 Å². The Morgan fingerprint density at radius 2 is 2.00 bits per heavy atom. The molecule has 6 heteroatoms. The van der Waals surface area contributed by atoms with Crippen LogP contribution >= 0.6 is 0 Å². The molecular formula is C13H14N4O2. The van der Waals surface area contributed by atoms with Gasteiger partial charge in [0.2, 0.25) is 0 Å². The van der Waals surface area contributed by atoms with E-state index in [1.165, 1.54) is 0 Å². The van der Waals surface area contributed by atoms with Crippen molar-refractivity contribution in [2.45, 2.75) is 30.5 Å². The number of nitrogens with zero attached hydrogens (tertiary/aromatic N) is 4. The van der Waals surface area contributed by atoms with Crippen molar-refractivity contribution in [3.8, 4) is 6.07 Å². The lowest BCUT2D eigenvalue weighted by Crippen LogP contribution is -2.21. The van der Waals surface area contributed by atoms with Gasteiger partial charge in [0.15, 0.2) is 0 Å². The van der Waals surface area contributed by atoms with E-state index in [1.807, 2.05) is 0 Å². The molecule has 0 saturated heterocycles. The first-order valence-corrected chi connectivity index (χ1v) is 6.01. The molecule has 1 aliphatic rings. The summed E-state index contributed by atoms with van der Waals surface area (Å²) in [6.07, 6.45) is -0.500. The zero-order valence-corrected chi connectivity index (χ0v) is 10.3. The van der Waals surface area contributed by atoms with Crippen molar-refractivity contribution in [2.75, 3.05) is 6.54 Å². The van der Waals surface area contributed by atoms with Gasteiger partial charge in [-0.3, -0.25) is 0 Å². The van der Waals surface area contributed by atoms with Gasteiger partial charge in [-0.2, -0.15) is 5.26 Å². The van der Waals surface area contributed by atoms with Crippen molar-refractivity contribution in [1.29, 1.82) is 5.26 Å². The van der Waals surface area contributed by atoms with Gasteiger partial charge in [-0.1, -0.05) is 29.4 Å². The fourth-order valence-electron chi connectivity index (χ4n) is 2.03. The van der Waals surface area contributed by atoms with E-state index >= 15 is 0 Å². The van der Waals surface area contributed by atoms with Crippen LogP contribution in [-0.2, 0) is 5.41 Å². The molecule has 0 radical (unpaired) electrons. The van der Waals surface area contributed by atoms with Crippen molar-refractivity contribution in [3.05, 3.63) is 45.8 Å². The Bertz CT molecular complexity index is 539. The van der Waals surface area contributed by atoms with Gasteiger partial charge in [0, 0.05) is 4.91 Å². The standard InChI is InChI=1S/C13H14N4O2/c14-8-13(5-6-13)10-3-1-9(2-4-10)12(19)11(18)7-16-17-15/h1-4,11-12,18-19H,5-7H2. The summed E-state index contributed by atoms with van der Waals surface area (Å²) < 4.78 is 0. The first-order valence-electron chi connectivity index (χ1n) is 6.01. The van der Waals surface area contributed by atoms with Crippen LogP contribution in [-0.4, -0.2) is 22.9 Å². The Balaban J connectivity index is 2.10. The molecule has 19 heavy (non-hydrogen) atoms. The van der Waals surface area contributed by atoms with Crippen LogP contribution in [0, 0.1) is 11.3 Å². The fraction of sp³-hybridized carbons (Fsp3) is 0.462. The number of hydrogen-bond donors (Lipinski definition) is 2. The highest BCUT2D eigenvalue weighted by atomic mass is 16.3. The van der Waals surface area contributed by atoms with E-state index in [2.05, 4.69) is 16.1 Å². The third kappa shape index (κ3) is 2.69. The molecule has 1 saturated carbocycles. The van der Waals surface area contributed by atoms with Crippen LogP contribution in [0.25, 0.3) is 10.4 Å². The molecule has 2 N–H and O–H groups in total. The molecule has 0 amide bonds. The molecular weight excluding hydrogens is 244 g/mol. The molecule has 2 atom stereocenters. The van der Waals surface area contributed by atoms with Gasteiger partial charge in [0.1, 0.15) is 6.10 Å². The number of azide groups is 1. The van der Waals surface area contributed by atoms with Gasteiger partial charge < -0.3 is 10.2 Å². The highest BCUT2D eigenvalue weighted by Gasteiger charge is 2.44. The molecule has 0 aliphatic heterocycles. The molecule has 1 aliphatic carbocycles. The first-order chi connectivity index (χ1) is 9.13. The van der Waals surface area contributed by atoms with E-state index in [0.29, 0.717) is 5.56 Å². The molecule has 0 heterocycles. The maximum absolute atomic E-state index is 9.88. The number of hydrogen-bond acceptors (Lipinski definition) is 4. The molecule has 0 aromatic heterocycles. The molecule has 1 aromatic carbocycles. The predicted molar refractivity (Wildman–Crippen MR) is 67.9 cm³/mol. The van der Waals surface area contributed by atoms with Crippen LogP contribution in [0.2, 0.25) is 0 Å². The first kappa shape index (κ1) is 13.4. The monoisotopic (exact) mass is 258 g/mol. The Hall–Kier alpha value is -2.06. The maximum Gasteiger partial charge on any atom is 0.105 e. The lowest BCUT2D eigenvalue weighted by molar-refractivity contribution is 0.0244. The number of rotatable bonds is 5. The summed E-state index contributed by atoms with van der Waals surface area (Å²) in [4.78, 5) is 2.54. The SMILES string of the molecule is N#CC1(c2ccc(C(O)C(O)CN=[N+]=[N-])cc2)CC1. The van der Waals surface area contributed by atoms with Crippen molar-refractivity contribution in [1.82, 2.24) is 0 Å². The molecule has 6 nitrogen and oxygen atoms in total. The van der Waals surface area contributed by atoms with E-state index < -0.39 is 12.2 Å². The minimum Gasteiger partial charge on any atom is -0.390 e. The van der Waals surface area contributed by atoms with E-state index in [4.69, 9.17) is 10.8 Å². The van der Waals surface area contributed by atoms with Crippen LogP contribution in [0.15, 0.2) is 29.4 Å². The molecule has 0 bridgehead atoms. The fourth-order valence-corrected chi connectivity index (χ4v) is 2.03. The Kier molecular flexibility index (Phi) is 3.72. The van der Waals surface area contributed by atoms with Crippen molar-refractivity contribution in [2.24, 2.45) is 5.11 Å². The smallest absolute Gasteiger partial charge is 0.105 e. The number of aliphatic hydroxyl groups excluding tert-OH is 2. The Morgan fingerprint density at radius 3 is 2.47 bits per heavy atom. The van der Waals surface area contributed by atoms with Crippen molar-refractivity contribution >= 4 is 0 Å². The number of nitriles is 1. The zero-order valence-electron chi connectivity index (χ0n) is 10.3. The van der Waals surface area contributed by atoms with Crippen molar-refractivity contribution < 1.29 is 10.2 Å². The van der Waals surface area contributed by atoms with E-state index in [0.717, 1.165) is 18.4 Å². The van der Waals surface area contributed by atoms with Gasteiger partial charge in [0.05, 0.1) is 24.1 Å². The summed E-state index contributed by atoms with van der Waals surface area (Å²) in [5, 5.41) is 31.8. The zero-order chi connectivity index (χ0) is 13.9. The molecule has 1 aromatic rings. The largest absolute Gasteiger partial charge is 0.390 e. The summed E-state index contributed by atoms with van der Waals surface area (Å²) in [5.41, 5.74) is 9.29. The molecule has 2 rings (SSSR count). The topological polar surface area (TPSA) is 113 Å². The lowest BCUT2D eigenvalue weighted by atomic mass is 9.95. The van der Waals surface area contributed by atoms with Gasteiger partial charge in [0.25, 0.3) is 0 Å². The summed E-state index contributed by atoms with van der Waals surface area (Å²) in [6.45, 7) is -0.179. The highest BCUT2D eigenvalue weighted by Crippen LogP contribution is 2.47. The summed E-state index contributed by atoms with van der Waals surface area (Å²) in [5.74, 6) is 0. The number of benzene rings is 1. The van der Waals surface area contributed by atoms with Gasteiger partial charge in [-0.15, -0.1) is 0 Å². The Labute approximate surface area is 110 Å². The third-order valence-corrected chi connectivity index (χ3v) is 3.47. The van der Waals surface area contributed by atoms with Crippen LogP contribution in [0.4, 0.5) is 0 Å². The summed E-state index contributed by atoms with van der Waals surface area (Å²) in [7, 11) is 0. The van der Waals surface area contributed by atoms with E-state index in [9.17, 15) is 10.2 Å². The lowest BCUT2D eigenvalue weighted by Gasteiger charge is -2.17. The highest BCUT2D eigenvalue weighted by molar-refractivity contribution is 5.40. The van der Waals surface area contributed by atoms with Crippen LogP contribution in [0.5, 0.6) is 0 Å². The average molecular weight is 258 g/mol. The Morgan fingerprint density at radius 1 is 1.37 bits per heavy atom. The average Bonchev–Trinajstić information content (AvgIpc) is 3.25. The quantitative estimate of drug-likeness (QED) is 0.478.